The smallest absolute Gasteiger partial charge is 0.115 e. The molecule has 19 heavy (non-hydrogen) atoms. The van der Waals surface area contributed by atoms with Gasteiger partial charge in [-0.2, -0.15) is 0 Å². The minimum absolute atomic E-state index is 0.402. The van der Waals surface area contributed by atoms with E-state index in [2.05, 4.69) is 25.2 Å². The standard InChI is InChI=1S/C17H25NO/c1-11-3-7-16(12(2)9-11)18-17-8-4-13-10-14(19)5-6-15(13)17/h5-6,10-12,16-19H,3-4,7-9H2,1-2H3. The largest absolute Gasteiger partial charge is 0.508 e. The second kappa shape index (κ2) is 5.16. The number of aromatic hydroxyl groups is 1. The molecule has 0 heterocycles. The number of aryl methyl sites for hydroxylation is 1. The average molecular weight is 259 g/mol. The Morgan fingerprint density at radius 1 is 1.16 bits per heavy atom. The van der Waals surface area contributed by atoms with Crippen LogP contribution < -0.4 is 5.32 Å². The van der Waals surface area contributed by atoms with E-state index in [0.29, 0.717) is 17.8 Å². The fourth-order valence-corrected chi connectivity index (χ4v) is 3.95. The van der Waals surface area contributed by atoms with Gasteiger partial charge < -0.3 is 10.4 Å². The van der Waals surface area contributed by atoms with Gasteiger partial charge >= 0.3 is 0 Å². The Hall–Kier alpha value is -1.02. The molecule has 1 aromatic rings. The summed E-state index contributed by atoms with van der Waals surface area (Å²) in [7, 11) is 0. The van der Waals surface area contributed by atoms with E-state index in [1.165, 1.54) is 36.8 Å². The fraction of sp³-hybridized carbons (Fsp3) is 0.647. The summed E-state index contributed by atoms with van der Waals surface area (Å²) in [4.78, 5) is 0. The third-order valence-corrected chi connectivity index (χ3v) is 5.05. The number of fused-ring (bicyclic) bond motifs is 1. The van der Waals surface area contributed by atoms with Crippen LogP contribution in [0.3, 0.4) is 0 Å². The maximum Gasteiger partial charge on any atom is 0.115 e. The summed E-state index contributed by atoms with van der Waals surface area (Å²) in [6.07, 6.45) is 6.30. The van der Waals surface area contributed by atoms with Gasteiger partial charge in [-0.1, -0.05) is 19.9 Å². The molecule has 0 radical (unpaired) electrons. The first-order valence-electron chi connectivity index (χ1n) is 7.71. The van der Waals surface area contributed by atoms with E-state index in [9.17, 15) is 5.11 Å². The molecule has 0 aromatic heterocycles. The lowest BCUT2D eigenvalue weighted by molar-refractivity contribution is 0.213. The van der Waals surface area contributed by atoms with Crippen molar-refractivity contribution < 1.29 is 5.11 Å². The fourth-order valence-electron chi connectivity index (χ4n) is 3.95. The predicted octanol–water partition coefficient (Wildman–Crippen LogP) is 3.79. The van der Waals surface area contributed by atoms with Gasteiger partial charge in [0.2, 0.25) is 0 Å². The molecule has 1 aromatic carbocycles. The second-order valence-corrected chi connectivity index (χ2v) is 6.64. The van der Waals surface area contributed by atoms with Crippen LogP contribution in [0.15, 0.2) is 18.2 Å². The van der Waals surface area contributed by atoms with E-state index >= 15 is 0 Å². The molecule has 2 N–H and O–H groups in total. The molecule has 1 saturated carbocycles. The number of hydrogen-bond donors (Lipinski definition) is 2. The van der Waals surface area contributed by atoms with Crippen molar-refractivity contribution in [3.63, 3.8) is 0 Å². The van der Waals surface area contributed by atoms with Gasteiger partial charge in [0.15, 0.2) is 0 Å². The Morgan fingerprint density at radius 3 is 2.79 bits per heavy atom. The first-order valence-corrected chi connectivity index (χ1v) is 7.71. The molecule has 3 rings (SSSR count). The van der Waals surface area contributed by atoms with Crippen molar-refractivity contribution in [1.29, 1.82) is 0 Å². The Balaban J connectivity index is 1.69. The van der Waals surface area contributed by atoms with E-state index in [4.69, 9.17) is 0 Å². The summed E-state index contributed by atoms with van der Waals surface area (Å²) < 4.78 is 0. The SMILES string of the molecule is CC1CCC(NC2CCc3cc(O)ccc32)C(C)C1. The van der Waals surface area contributed by atoms with Crippen LogP contribution in [0.2, 0.25) is 0 Å². The molecule has 2 heteroatoms. The van der Waals surface area contributed by atoms with E-state index in [1.54, 1.807) is 0 Å². The highest BCUT2D eigenvalue weighted by Crippen LogP contribution is 2.36. The Labute approximate surface area is 116 Å². The lowest BCUT2D eigenvalue weighted by atomic mass is 9.79. The number of phenols is 1. The molecular formula is C17H25NO. The summed E-state index contributed by atoms with van der Waals surface area (Å²) >= 11 is 0. The number of phenolic OH excluding ortho intramolecular Hbond substituents is 1. The molecule has 104 valence electrons. The summed E-state index contributed by atoms with van der Waals surface area (Å²) in [5, 5.41) is 13.4. The number of benzene rings is 1. The van der Waals surface area contributed by atoms with Crippen LogP contribution >= 0.6 is 0 Å². The summed E-state index contributed by atoms with van der Waals surface area (Å²) in [5.41, 5.74) is 2.73. The van der Waals surface area contributed by atoms with Crippen molar-refractivity contribution in [3.05, 3.63) is 29.3 Å². The van der Waals surface area contributed by atoms with Gasteiger partial charge in [0.05, 0.1) is 0 Å². The lowest BCUT2D eigenvalue weighted by Crippen LogP contribution is -2.40. The second-order valence-electron chi connectivity index (χ2n) is 6.64. The van der Waals surface area contributed by atoms with Crippen LogP contribution in [0, 0.1) is 11.8 Å². The third-order valence-electron chi connectivity index (χ3n) is 5.05. The quantitative estimate of drug-likeness (QED) is 0.847. The van der Waals surface area contributed by atoms with Crippen LogP contribution in [0.5, 0.6) is 5.75 Å². The Bertz CT molecular complexity index is 457. The van der Waals surface area contributed by atoms with Crippen LogP contribution in [0.25, 0.3) is 0 Å². The Morgan fingerprint density at radius 2 is 2.00 bits per heavy atom. The molecule has 4 unspecified atom stereocenters. The monoisotopic (exact) mass is 259 g/mol. The molecule has 0 spiro atoms. The molecule has 2 nitrogen and oxygen atoms in total. The highest BCUT2D eigenvalue weighted by molar-refractivity contribution is 5.40. The van der Waals surface area contributed by atoms with Gasteiger partial charge in [-0.15, -0.1) is 0 Å². The Kier molecular flexibility index (Phi) is 3.53. The molecule has 4 atom stereocenters. The predicted molar refractivity (Wildman–Crippen MR) is 78.3 cm³/mol. The van der Waals surface area contributed by atoms with Gasteiger partial charge in [0.25, 0.3) is 0 Å². The first-order chi connectivity index (χ1) is 9.13. The summed E-state index contributed by atoms with van der Waals surface area (Å²) in [6.45, 7) is 4.76. The van der Waals surface area contributed by atoms with E-state index in [-0.39, 0.29) is 0 Å². The van der Waals surface area contributed by atoms with Gasteiger partial charge in [-0.3, -0.25) is 0 Å². The van der Waals surface area contributed by atoms with Gasteiger partial charge in [0, 0.05) is 12.1 Å². The summed E-state index contributed by atoms with van der Waals surface area (Å²) in [5.74, 6) is 2.07. The maximum atomic E-state index is 9.55. The molecule has 0 aliphatic heterocycles. The van der Waals surface area contributed by atoms with Gasteiger partial charge in [-0.25, -0.2) is 0 Å². The van der Waals surface area contributed by atoms with Gasteiger partial charge in [0.1, 0.15) is 5.75 Å². The van der Waals surface area contributed by atoms with Crippen molar-refractivity contribution in [3.8, 4) is 5.75 Å². The molecule has 0 bridgehead atoms. The first kappa shape index (κ1) is 13.0. The molecule has 2 aliphatic carbocycles. The highest BCUT2D eigenvalue weighted by Gasteiger charge is 2.30. The highest BCUT2D eigenvalue weighted by atomic mass is 16.3. The molecule has 1 fully saturated rings. The zero-order valence-corrected chi connectivity index (χ0v) is 12.0. The van der Waals surface area contributed by atoms with Crippen LogP contribution in [-0.2, 0) is 6.42 Å². The third kappa shape index (κ3) is 2.64. The van der Waals surface area contributed by atoms with Crippen molar-refractivity contribution in [1.82, 2.24) is 5.32 Å². The van der Waals surface area contributed by atoms with E-state index < -0.39 is 0 Å². The van der Waals surface area contributed by atoms with E-state index in [0.717, 1.165) is 18.3 Å². The van der Waals surface area contributed by atoms with Crippen molar-refractivity contribution in [2.75, 3.05) is 0 Å². The van der Waals surface area contributed by atoms with Crippen molar-refractivity contribution >= 4 is 0 Å². The van der Waals surface area contributed by atoms with Crippen LogP contribution in [0.4, 0.5) is 0 Å². The minimum atomic E-state index is 0.402. The number of rotatable bonds is 2. The zero-order chi connectivity index (χ0) is 13.4. The minimum Gasteiger partial charge on any atom is -0.508 e. The van der Waals surface area contributed by atoms with Crippen LogP contribution in [-0.4, -0.2) is 11.1 Å². The molecular weight excluding hydrogens is 234 g/mol. The average Bonchev–Trinajstić information content (AvgIpc) is 2.75. The van der Waals surface area contributed by atoms with Crippen molar-refractivity contribution in [2.24, 2.45) is 11.8 Å². The topological polar surface area (TPSA) is 32.3 Å². The van der Waals surface area contributed by atoms with Gasteiger partial charge in [-0.05, 0) is 67.2 Å². The van der Waals surface area contributed by atoms with E-state index in [1.807, 2.05) is 12.1 Å². The number of hydrogen-bond acceptors (Lipinski definition) is 2. The zero-order valence-electron chi connectivity index (χ0n) is 12.0. The van der Waals surface area contributed by atoms with Crippen LogP contribution in [0.1, 0.15) is 56.7 Å². The molecule has 0 amide bonds. The lowest BCUT2D eigenvalue weighted by Gasteiger charge is -2.35. The molecule has 2 aliphatic rings. The normalized spacial score (nSPS) is 34.2. The maximum absolute atomic E-state index is 9.55. The molecule has 0 saturated heterocycles. The van der Waals surface area contributed by atoms with Crippen molar-refractivity contribution in [2.45, 2.75) is 58.0 Å². The summed E-state index contributed by atoms with van der Waals surface area (Å²) in [6, 6.07) is 7.03. The number of nitrogens with one attached hydrogen (secondary N) is 1.